The molecule has 27 heavy (non-hydrogen) atoms. The van der Waals surface area contributed by atoms with Crippen LogP contribution in [0.25, 0.3) is 0 Å². The Labute approximate surface area is 164 Å². The van der Waals surface area contributed by atoms with Gasteiger partial charge in [-0.25, -0.2) is 0 Å². The van der Waals surface area contributed by atoms with Gasteiger partial charge >= 0.3 is 5.97 Å². The van der Waals surface area contributed by atoms with Gasteiger partial charge in [-0.15, -0.1) is 0 Å². The summed E-state index contributed by atoms with van der Waals surface area (Å²) in [7, 11) is 3.24. The highest BCUT2D eigenvalue weighted by Gasteiger charge is 2.33. The number of piperidine rings is 1. The molecule has 0 aromatic heterocycles. The fourth-order valence-corrected chi connectivity index (χ4v) is 3.98. The molecule has 1 heterocycles. The maximum absolute atomic E-state index is 11.6. The summed E-state index contributed by atoms with van der Waals surface area (Å²) in [5.74, 6) is 0.263. The minimum Gasteiger partial charge on any atom is -0.497 e. The molecule has 144 valence electrons. The van der Waals surface area contributed by atoms with E-state index in [0.717, 1.165) is 24.1 Å². The van der Waals surface area contributed by atoms with Crippen molar-refractivity contribution in [3.63, 3.8) is 0 Å². The van der Waals surface area contributed by atoms with Gasteiger partial charge in [0.05, 0.1) is 26.2 Å². The van der Waals surface area contributed by atoms with Crippen molar-refractivity contribution in [3.8, 4) is 11.5 Å². The second-order valence-electron chi connectivity index (χ2n) is 6.70. The summed E-state index contributed by atoms with van der Waals surface area (Å²) in [5.41, 5.74) is 1.88. The first-order chi connectivity index (χ1) is 13.0. The number of ether oxygens (including phenoxy) is 2. The zero-order valence-electron chi connectivity index (χ0n) is 15.5. The lowest BCUT2D eigenvalue weighted by atomic mass is 9.91. The molecule has 0 spiro atoms. The molecule has 1 N–H and O–H groups in total. The minimum atomic E-state index is -0.751. The van der Waals surface area contributed by atoms with E-state index in [4.69, 9.17) is 21.1 Å². The van der Waals surface area contributed by atoms with Gasteiger partial charge in [-0.05, 0) is 43.1 Å². The number of methoxy groups -OCH3 is 2. The van der Waals surface area contributed by atoms with E-state index >= 15 is 0 Å². The van der Waals surface area contributed by atoms with Crippen molar-refractivity contribution in [2.45, 2.75) is 18.9 Å². The first-order valence-corrected chi connectivity index (χ1v) is 9.36. The maximum atomic E-state index is 11.6. The van der Waals surface area contributed by atoms with Crippen LogP contribution >= 0.6 is 11.6 Å². The van der Waals surface area contributed by atoms with Gasteiger partial charge in [0.2, 0.25) is 0 Å². The second kappa shape index (κ2) is 8.63. The summed E-state index contributed by atoms with van der Waals surface area (Å²) < 4.78 is 10.9. The van der Waals surface area contributed by atoms with Crippen LogP contribution in [-0.4, -0.2) is 43.3 Å². The Balaban J connectivity index is 2.09. The van der Waals surface area contributed by atoms with Crippen LogP contribution in [0.4, 0.5) is 0 Å². The number of carboxylic acid groups (broad SMARTS) is 1. The molecular formula is C21H24ClNO4. The predicted octanol–water partition coefficient (Wildman–Crippen LogP) is 4.24. The normalized spacial score (nSPS) is 18.7. The zero-order valence-corrected chi connectivity index (χ0v) is 16.3. The zero-order chi connectivity index (χ0) is 19.4. The average molecular weight is 390 g/mol. The predicted molar refractivity (Wildman–Crippen MR) is 105 cm³/mol. The van der Waals surface area contributed by atoms with Gasteiger partial charge in [-0.2, -0.15) is 0 Å². The number of likely N-dealkylation sites (tertiary alicyclic amines) is 1. The second-order valence-corrected chi connectivity index (χ2v) is 7.11. The maximum Gasteiger partial charge on any atom is 0.307 e. The number of benzene rings is 2. The SMILES string of the molecule is COc1ccc(C(c2ccccc2Cl)N2CCCC(C(=O)O)C2)c(OC)c1. The Hall–Kier alpha value is -2.24. The summed E-state index contributed by atoms with van der Waals surface area (Å²) in [6, 6.07) is 13.2. The molecule has 3 rings (SSSR count). The molecule has 0 saturated carbocycles. The van der Waals surface area contributed by atoms with Crippen LogP contribution in [0.1, 0.15) is 30.0 Å². The molecule has 1 saturated heterocycles. The number of nitrogens with zero attached hydrogens (tertiary/aromatic N) is 1. The fraction of sp³-hybridized carbons (Fsp3) is 0.381. The Bertz CT molecular complexity index is 811. The lowest BCUT2D eigenvalue weighted by Crippen LogP contribution is -2.41. The van der Waals surface area contributed by atoms with E-state index < -0.39 is 5.97 Å². The monoisotopic (exact) mass is 389 g/mol. The number of carboxylic acids is 1. The Morgan fingerprint density at radius 3 is 2.63 bits per heavy atom. The first kappa shape index (κ1) is 19.5. The summed E-state index contributed by atoms with van der Waals surface area (Å²) >= 11 is 6.53. The van der Waals surface area contributed by atoms with Crippen molar-refractivity contribution in [3.05, 3.63) is 58.6 Å². The molecule has 6 heteroatoms. The summed E-state index contributed by atoms with van der Waals surface area (Å²) in [6.45, 7) is 1.27. The van der Waals surface area contributed by atoms with Crippen LogP contribution in [0.5, 0.6) is 11.5 Å². The number of halogens is 1. The van der Waals surface area contributed by atoms with E-state index in [9.17, 15) is 9.90 Å². The highest BCUT2D eigenvalue weighted by atomic mass is 35.5. The van der Waals surface area contributed by atoms with Crippen LogP contribution in [0, 0.1) is 5.92 Å². The van der Waals surface area contributed by atoms with Crippen LogP contribution in [0.2, 0.25) is 5.02 Å². The van der Waals surface area contributed by atoms with Crippen molar-refractivity contribution in [2.75, 3.05) is 27.3 Å². The van der Waals surface area contributed by atoms with E-state index in [0.29, 0.717) is 29.5 Å². The van der Waals surface area contributed by atoms with Crippen molar-refractivity contribution in [1.82, 2.24) is 4.90 Å². The number of aliphatic carboxylic acids is 1. The van der Waals surface area contributed by atoms with Gasteiger partial charge < -0.3 is 14.6 Å². The summed E-state index contributed by atoms with van der Waals surface area (Å²) in [5, 5.41) is 10.2. The van der Waals surface area contributed by atoms with Gasteiger partial charge in [0, 0.05) is 23.2 Å². The smallest absolute Gasteiger partial charge is 0.307 e. The third-order valence-corrected chi connectivity index (χ3v) is 5.45. The van der Waals surface area contributed by atoms with Crippen molar-refractivity contribution < 1.29 is 19.4 Å². The van der Waals surface area contributed by atoms with E-state index in [2.05, 4.69) is 4.90 Å². The van der Waals surface area contributed by atoms with E-state index in [1.165, 1.54) is 0 Å². The highest BCUT2D eigenvalue weighted by molar-refractivity contribution is 6.31. The van der Waals surface area contributed by atoms with Gasteiger partial charge in [0.15, 0.2) is 0 Å². The molecule has 0 aliphatic carbocycles. The third-order valence-electron chi connectivity index (χ3n) is 5.10. The molecule has 2 aromatic carbocycles. The summed E-state index contributed by atoms with van der Waals surface area (Å²) in [4.78, 5) is 13.8. The number of rotatable bonds is 6. The molecule has 2 aromatic rings. The molecule has 2 unspecified atom stereocenters. The summed E-state index contributed by atoms with van der Waals surface area (Å²) in [6.07, 6.45) is 1.53. The lowest BCUT2D eigenvalue weighted by molar-refractivity contribution is -0.143. The number of carbonyl (C=O) groups is 1. The topological polar surface area (TPSA) is 59.0 Å². The standard InChI is InChI=1S/C21H24ClNO4/c1-26-15-9-10-17(19(12-15)27-2)20(16-7-3-4-8-18(16)22)23-11-5-6-14(13-23)21(24)25/h3-4,7-10,12,14,20H,5-6,11,13H2,1-2H3,(H,24,25). The molecular weight excluding hydrogens is 366 g/mol. The van der Waals surface area contributed by atoms with Crippen molar-refractivity contribution in [2.24, 2.45) is 5.92 Å². The molecule has 5 nitrogen and oxygen atoms in total. The highest BCUT2D eigenvalue weighted by Crippen LogP contribution is 2.40. The lowest BCUT2D eigenvalue weighted by Gasteiger charge is -2.38. The molecule has 1 aliphatic heterocycles. The molecule has 0 radical (unpaired) electrons. The molecule has 2 atom stereocenters. The van der Waals surface area contributed by atoms with E-state index in [-0.39, 0.29) is 12.0 Å². The first-order valence-electron chi connectivity index (χ1n) is 8.98. The van der Waals surface area contributed by atoms with Gasteiger partial charge in [0.1, 0.15) is 11.5 Å². The Morgan fingerprint density at radius 1 is 1.19 bits per heavy atom. The van der Waals surface area contributed by atoms with Gasteiger partial charge in [-0.1, -0.05) is 29.8 Å². The molecule has 0 bridgehead atoms. The minimum absolute atomic E-state index is 0.193. The van der Waals surface area contributed by atoms with Crippen LogP contribution < -0.4 is 9.47 Å². The molecule has 1 fully saturated rings. The van der Waals surface area contributed by atoms with Gasteiger partial charge in [0.25, 0.3) is 0 Å². The van der Waals surface area contributed by atoms with Crippen LogP contribution in [0.3, 0.4) is 0 Å². The van der Waals surface area contributed by atoms with Crippen molar-refractivity contribution >= 4 is 17.6 Å². The van der Waals surface area contributed by atoms with Crippen LogP contribution in [0.15, 0.2) is 42.5 Å². The molecule has 1 aliphatic rings. The fourth-order valence-electron chi connectivity index (χ4n) is 3.74. The van der Waals surface area contributed by atoms with Crippen molar-refractivity contribution in [1.29, 1.82) is 0 Å². The Morgan fingerprint density at radius 2 is 1.96 bits per heavy atom. The van der Waals surface area contributed by atoms with E-state index in [1.54, 1.807) is 14.2 Å². The molecule has 0 amide bonds. The number of hydrogen-bond donors (Lipinski definition) is 1. The number of hydrogen-bond acceptors (Lipinski definition) is 4. The van der Waals surface area contributed by atoms with Gasteiger partial charge in [-0.3, -0.25) is 9.69 Å². The Kier molecular flexibility index (Phi) is 6.24. The quantitative estimate of drug-likeness (QED) is 0.800. The van der Waals surface area contributed by atoms with E-state index in [1.807, 2.05) is 42.5 Å². The average Bonchev–Trinajstić information content (AvgIpc) is 2.70. The largest absolute Gasteiger partial charge is 0.497 e. The third kappa shape index (κ3) is 4.20. The van der Waals surface area contributed by atoms with Crippen LogP contribution in [-0.2, 0) is 4.79 Å².